The number of nitrogens with zero attached hydrogens (tertiary/aromatic N) is 1. The highest BCUT2D eigenvalue weighted by Crippen LogP contribution is 2.21. The van der Waals surface area contributed by atoms with Gasteiger partial charge in [-0.2, -0.15) is 0 Å². The molecule has 2 aromatic rings. The van der Waals surface area contributed by atoms with Crippen molar-refractivity contribution in [2.24, 2.45) is 0 Å². The third-order valence-electron chi connectivity index (χ3n) is 2.26. The van der Waals surface area contributed by atoms with Gasteiger partial charge in [0.05, 0.1) is 0 Å². The molecule has 1 aromatic heterocycles. The zero-order chi connectivity index (χ0) is 11.4. The van der Waals surface area contributed by atoms with Crippen molar-refractivity contribution in [2.45, 2.75) is 6.92 Å². The van der Waals surface area contributed by atoms with Crippen molar-refractivity contribution >= 4 is 22.4 Å². The molecule has 3 nitrogen and oxygen atoms in total. The van der Waals surface area contributed by atoms with Crippen molar-refractivity contribution in [2.75, 3.05) is 5.32 Å². The average molecular weight is 212 g/mol. The van der Waals surface area contributed by atoms with Gasteiger partial charge in [-0.05, 0) is 25.1 Å². The van der Waals surface area contributed by atoms with E-state index in [0.29, 0.717) is 0 Å². The molecule has 1 heterocycles. The third-order valence-corrected chi connectivity index (χ3v) is 2.26. The summed E-state index contributed by atoms with van der Waals surface area (Å²) in [6, 6.07) is 7.63. The number of fused-ring (bicyclic) bond motifs is 1. The number of benzene rings is 1. The predicted molar refractivity (Wildman–Crippen MR) is 65.2 cm³/mol. The molecule has 0 atom stereocenters. The second-order valence-electron chi connectivity index (χ2n) is 3.39. The van der Waals surface area contributed by atoms with Gasteiger partial charge in [-0.1, -0.05) is 18.2 Å². The van der Waals surface area contributed by atoms with Crippen molar-refractivity contribution in [1.29, 1.82) is 0 Å². The number of anilines is 1. The molecule has 0 saturated heterocycles. The minimum atomic E-state index is -0.119. The van der Waals surface area contributed by atoms with Gasteiger partial charge in [-0.25, -0.2) is 0 Å². The van der Waals surface area contributed by atoms with Gasteiger partial charge in [0, 0.05) is 28.9 Å². The van der Waals surface area contributed by atoms with E-state index in [-0.39, 0.29) is 5.91 Å². The molecular weight excluding hydrogens is 200 g/mol. The first-order chi connectivity index (χ1) is 7.81. The average Bonchev–Trinajstić information content (AvgIpc) is 2.30. The van der Waals surface area contributed by atoms with Gasteiger partial charge < -0.3 is 5.32 Å². The summed E-state index contributed by atoms with van der Waals surface area (Å²) >= 11 is 0. The van der Waals surface area contributed by atoms with E-state index in [1.807, 2.05) is 31.2 Å². The van der Waals surface area contributed by atoms with Crippen LogP contribution in [0.2, 0.25) is 0 Å². The van der Waals surface area contributed by atoms with Crippen molar-refractivity contribution in [3.63, 3.8) is 0 Å². The van der Waals surface area contributed by atoms with Crippen molar-refractivity contribution in [3.8, 4) is 0 Å². The summed E-state index contributed by atoms with van der Waals surface area (Å²) in [4.78, 5) is 15.5. The molecule has 1 N–H and O–H groups in total. The number of allylic oxidation sites excluding steroid dienone is 1. The largest absolute Gasteiger partial charge is 0.322 e. The molecule has 1 amide bonds. The SMILES string of the molecule is C/C=C/C(=O)Nc1cccc2cnccc12. The fourth-order valence-electron chi connectivity index (χ4n) is 1.56. The Bertz CT molecular complexity index is 541. The fourth-order valence-corrected chi connectivity index (χ4v) is 1.56. The zero-order valence-electron chi connectivity index (χ0n) is 8.97. The number of nitrogens with one attached hydrogen (secondary N) is 1. The quantitative estimate of drug-likeness (QED) is 0.778. The van der Waals surface area contributed by atoms with Crippen molar-refractivity contribution in [1.82, 2.24) is 4.98 Å². The van der Waals surface area contributed by atoms with Crippen LogP contribution in [0.5, 0.6) is 0 Å². The first-order valence-electron chi connectivity index (χ1n) is 5.07. The Morgan fingerprint density at radius 1 is 1.38 bits per heavy atom. The Hall–Kier alpha value is -2.16. The lowest BCUT2D eigenvalue weighted by Gasteiger charge is -2.06. The fraction of sp³-hybridized carbons (Fsp3) is 0.0769. The number of pyridine rings is 1. The lowest BCUT2D eigenvalue weighted by Crippen LogP contribution is -2.07. The molecule has 1 aromatic carbocycles. The molecule has 0 spiro atoms. The van der Waals surface area contributed by atoms with Gasteiger partial charge in [0.15, 0.2) is 0 Å². The standard InChI is InChI=1S/C13H12N2O/c1-2-4-13(16)15-12-6-3-5-10-9-14-8-7-11(10)12/h2-9H,1H3,(H,15,16)/b4-2+. The number of aromatic nitrogens is 1. The van der Waals surface area contributed by atoms with Crippen LogP contribution in [0, 0.1) is 0 Å². The first kappa shape index (κ1) is 10.4. The molecule has 0 aliphatic heterocycles. The highest BCUT2D eigenvalue weighted by atomic mass is 16.1. The number of hydrogen-bond acceptors (Lipinski definition) is 2. The smallest absolute Gasteiger partial charge is 0.248 e. The minimum Gasteiger partial charge on any atom is -0.322 e. The minimum absolute atomic E-state index is 0.119. The van der Waals surface area contributed by atoms with Crippen molar-refractivity contribution in [3.05, 3.63) is 48.8 Å². The summed E-state index contributed by atoms with van der Waals surface area (Å²) in [5, 5.41) is 4.84. The molecule has 0 fully saturated rings. The normalized spacial score (nSPS) is 10.8. The van der Waals surface area contributed by atoms with E-state index in [4.69, 9.17) is 0 Å². The maximum atomic E-state index is 11.4. The molecule has 3 heteroatoms. The van der Waals surface area contributed by atoms with E-state index < -0.39 is 0 Å². The predicted octanol–water partition coefficient (Wildman–Crippen LogP) is 2.75. The maximum absolute atomic E-state index is 11.4. The van der Waals surface area contributed by atoms with Crippen LogP contribution in [0.1, 0.15) is 6.92 Å². The van der Waals surface area contributed by atoms with E-state index in [1.54, 1.807) is 18.5 Å². The third kappa shape index (κ3) is 2.08. The van der Waals surface area contributed by atoms with Crippen LogP contribution in [0.3, 0.4) is 0 Å². The summed E-state index contributed by atoms with van der Waals surface area (Å²) in [5.74, 6) is -0.119. The first-order valence-corrected chi connectivity index (χ1v) is 5.07. The van der Waals surface area contributed by atoms with Crippen LogP contribution in [0.25, 0.3) is 10.8 Å². The molecule has 16 heavy (non-hydrogen) atoms. The van der Waals surface area contributed by atoms with Crippen LogP contribution in [-0.4, -0.2) is 10.9 Å². The molecule has 0 aliphatic carbocycles. The maximum Gasteiger partial charge on any atom is 0.248 e. The molecule has 0 aliphatic rings. The lowest BCUT2D eigenvalue weighted by molar-refractivity contribution is -0.111. The van der Waals surface area contributed by atoms with Gasteiger partial charge in [-0.3, -0.25) is 9.78 Å². The van der Waals surface area contributed by atoms with E-state index >= 15 is 0 Å². The second-order valence-corrected chi connectivity index (χ2v) is 3.39. The van der Waals surface area contributed by atoms with Crippen molar-refractivity contribution < 1.29 is 4.79 Å². The van der Waals surface area contributed by atoms with E-state index in [9.17, 15) is 4.79 Å². The van der Waals surface area contributed by atoms with Gasteiger partial charge in [0.2, 0.25) is 5.91 Å². The molecule has 80 valence electrons. The Morgan fingerprint density at radius 3 is 3.06 bits per heavy atom. The Labute approximate surface area is 93.8 Å². The zero-order valence-corrected chi connectivity index (χ0v) is 8.97. The summed E-state index contributed by atoms with van der Waals surface area (Å²) in [6.45, 7) is 1.81. The van der Waals surface area contributed by atoms with E-state index in [1.165, 1.54) is 6.08 Å². The van der Waals surface area contributed by atoms with Crippen LogP contribution in [0.15, 0.2) is 48.8 Å². The summed E-state index contributed by atoms with van der Waals surface area (Å²) in [7, 11) is 0. The molecule has 0 unspecified atom stereocenters. The topological polar surface area (TPSA) is 42.0 Å². The van der Waals surface area contributed by atoms with Gasteiger partial charge in [0.25, 0.3) is 0 Å². The van der Waals surface area contributed by atoms with E-state index in [0.717, 1.165) is 16.5 Å². The van der Waals surface area contributed by atoms with Crippen LogP contribution in [-0.2, 0) is 4.79 Å². The Kier molecular flexibility index (Phi) is 2.96. The highest BCUT2D eigenvalue weighted by molar-refractivity contribution is 6.05. The number of rotatable bonds is 2. The van der Waals surface area contributed by atoms with Crippen LogP contribution in [0.4, 0.5) is 5.69 Å². The molecule has 0 saturated carbocycles. The van der Waals surface area contributed by atoms with Gasteiger partial charge in [0.1, 0.15) is 0 Å². The highest BCUT2D eigenvalue weighted by Gasteiger charge is 2.02. The molecule has 0 bridgehead atoms. The summed E-state index contributed by atoms with van der Waals surface area (Å²) in [6.07, 6.45) is 6.70. The monoisotopic (exact) mass is 212 g/mol. The number of carbonyl (C=O) groups is 1. The number of carbonyl (C=O) groups excluding carboxylic acids is 1. The van der Waals surface area contributed by atoms with Gasteiger partial charge in [-0.15, -0.1) is 0 Å². The molecule has 0 radical (unpaired) electrons. The number of hydrogen-bond donors (Lipinski definition) is 1. The lowest BCUT2D eigenvalue weighted by atomic mass is 10.1. The summed E-state index contributed by atoms with van der Waals surface area (Å²) < 4.78 is 0. The molecule has 2 rings (SSSR count). The van der Waals surface area contributed by atoms with Crippen LogP contribution >= 0.6 is 0 Å². The Morgan fingerprint density at radius 2 is 2.25 bits per heavy atom. The van der Waals surface area contributed by atoms with E-state index in [2.05, 4.69) is 10.3 Å². The van der Waals surface area contributed by atoms with Crippen LogP contribution < -0.4 is 5.32 Å². The van der Waals surface area contributed by atoms with Gasteiger partial charge >= 0.3 is 0 Å². The molecular formula is C13H12N2O. The second kappa shape index (κ2) is 4.57. The Balaban J connectivity index is 2.41. The summed E-state index contributed by atoms with van der Waals surface area (Å²) in [5.41, 5.74) is 0.808. The number of amides is 1.